The van der Waals surface area contributed by atoms with E-state index in [1.54, 1.807) is 6.92 Å². The number of halogens is 4. The van der Waals surface area contributed by atoms with Crippen molar-refractivity contribution in [3.8, 4) is 0 Å². The van der Waals surface area contributed by atoms with Crippen molar-refractivity contribution in [1.29, 1.82) is 0 Å². The summed E-state index contributed by atoms with van der Waals surface area (Å²) in [7, 11) is -4.11. The van der Waals surface area contributed by atoms with Gasteiger partial charge in [-0.3, -0.25) is 4.98 Å². The molecule has 166 valence electrons. The van der Waals surface area contributed by atoms with Crippen LogP contribution in [0.3, 0.4) is 0 Å². The number of guanidine groups is 1. The SMILES string of the molecule is C[C@@H](c1cccc(F)c1Cl)c1c(F)ccc2c1NC(=NCc1ncccc1F)NS2(=O)=O. The Hall–Kier alpha value is -3.11. The molecule has 3 aromatic rings. The maximum Gasteiger partial charge on any atom is 0.266 e. The summed E-state index contributed by atoms with van der Waals surface area (Å²) >= 11 is 6.08. The summed E-state index contributed by atoms with van der Waals surface area (Å²) in [4.78, 5) is 7.70. The lowest BCUT2D eigenvalue weighted by atomic mass is 9.91. The molecule has 0 amide bonds. The smallest absolute Gasteiger partial charge is 0.266 e. The molecular formula is C21H16ClF3N4O2S. The van der Waals surface area contributed by atoms with Crippen LogP contribution in [0.4, 0.5) is 18.9 Å². The summed E-state index contributed by atoms with van der Waals surface area (Å²) in [6, 6.07) is 8.88. The summed E-state index contributed by atoms with van der Waals surface area (Å²) < 4.78 is 70.5. The molecule has 4 rings (SSSR count). The molecule has 32 heavy (non-hydrogen) atoms. The lowest BCUT2D eigenvalue weighted by molar-refractivity contribution is 0.585. The zero-order chi connectivity index (χ0) is 23.0. The predicted molar refractivity (Wildman–Crippen MR) is 115 cm³/mol. The molecule has 2 aromatic carbocycles. The van der Waals surface area contributed by atoms with E-state index in [9.17, 15) is 21.6 Å². The summed E-state index contributed by atoms with van der Waals surface area (Å²) in [5.41, 5.74) is 0.200. The first-order chi connectivity index (χ1) is 15.2. The molecule has 0 aliphatic carbocycles. The van der Waals surface area contributed by atoms with Crippen molar-refractivity contribution in [3.05, 3.63) is 88.0 Å². The van der Waals surface area contributed by atoms with Gasteiger partial charge in [-0.1, -0.05) is 30.7 Å². The number of nitrogens with one attached hydrogen (secondary N) is 2. The van der Waals surface area contributed by atoms with E-state index in [1.807, 2.05) is 0 Å². The molecule has 0 radical (unpaired) electrons. The molecule has 0 spiro atoms. The Labute approximate surface area is 187 Å². The Bertz CT molecular complexity index is 1350. The van der Waals surface area contributed by atoms with Crippen molar-refractivity contribution in [2.75, 3.05) is 5.32 Å². The lowest BCUT2D eigenvalue weighted by Gasteiger charge is -2.27. The van der Waals surface area contributed by atoms with Gasteiger partial charge in [-0.25, -0.2) is 31.3 Å². The van der Waals surface area contributed by atoms with Gasteiger partial charge in [0, 0.05) is 17.7 Å². The zero-order valence-electron chi connectivity index (χ0n) is 16.5. The highest BCUT2D eigenvalue weighted by Gasteiger charge is 2.32. The standard InChI is InChI=1S/C21H16ClF3N4O2S/c1-11(12-4-2-5-15(25)19(12)22)18-14(24)7-8-17-20(18)28-21(29-32(17,30)31)27-10-16-13(23)6-3-9-26-16/h2-9,11H,10H2,1H3,(H2,27,28,29)/t11-/m0/s1. The number of aromatic nitrogens is 1. The van der Waals surface area contributed by atoms with Crippen molar-refractivity contribution < 1.29 is 21.6 Å². The fraction of sp³-hybridized carbons (Fsp3) is 0.143. The van der Waals surface area contributed by atoms with Crippen molar-refractivity contribution in [1.82, 2.24) is 9.71 Å². The van der Waals surface area contributed by atoms with E-state index in [2.05, 4.69) is 20.0 Å². The highest BCUT2D eigenvalue weighted by atomic mass is 35.5. The van der Waals surface area contributed by atoms with Crippen LogP contribution < -0.4 is 10.0 Å². The van der Waals surface area contributed by atoms with Gasteiger partial charge in [0.2, 0.25) is 5.96 Å². The van der Waals surface area contributed by atoms with Gasteiger partial charge in [0.15, 0.2) is 0 Å². The summed E-state index contributed by atoms with van der Waals surface area (Å²) in [5.74, 6) is -3.02. The monoisotopic (exact) mass is 480 g/mol. The average Bonchev–Trinajstić information content (AvgIpc) is 2.74. The van der Waals surface area contributed by atoms with E-state index in [1.165, 1.54) is 36.5 Å². The highest BCUT2D eigenvalue weighted by molar-refractivity contribution is 7.90. The number of aliphatic imine (C=N–C) groups is 1. The number of nitrogens with zero attached hydrogens (tertiary/aromatic N) is 2. The second-order valence-electron chi connectivity index (χ2n) is 7.03. The molecule has 0 saturated carbocycles. The van der Waals surface area contributed by atoms with Gasteiger partial charge in [0.25, 0.3) is 10.0 Å². The number of anilines is 1. The molecule has 6 nitrogen and oxygen atoms in total. The largest absolute Gasteiger partial charge is 0.324 e. The number of hydrogen-bond donors (Lipinski definition) is 2. The lowest BCUT2D eigenvalue weighted by Crippen LogP contribution is -2.41. The fourth-order valence-corrected chi connectivity index (χ4v) is 4.89. The first kappa shape index (κ1) is 22.1. The van der Waals surface area contributed by atoms with Crippen LogP contribution in [0, 0.1) is 17.5 Å². The van der Waals surface area contributed by atoms with E-state index in [-0.39, 0.29) is 44.9 Å². The number of rotatable bonds is 4. The van der Waals surface area contributed by atoms with Crippen LogP contribution in [-0.2, 0) is 16.6 Å². The molecule has 1 atom stereocenters. The van der Waals surface area contributed by atoms with Crippen molar-refractivity contribution >= 4 is 33.3 Å². The third-order valence-corrected chi connectivity index (χ3v) is 6.80. The Morgan fingerprint density at radius 3 is 2.56 bits per heavy atom. The zero-order valence-corrected chi connectivity index (χ0v) is 18.1. The summed E-state index contributed by atoms with van der Waals surface area (Å²) in [5, 5.41) is 2.58. The molecule has 0 fully saturated rings. The van der Waals surface area contributed by atoms with Gasteiger partial charge in [-0.05, 0) is 35.9 Å². The summed E-state index contributed by atoms with van der Waals surface area (Å²) in [6.07, 6.45) is 1.38. The third kappa shape index (κ3) is 4.03. The van der Waals surface area contributed by atoms with Crippen LogP contribution in [0.15, 0.2) is 58.5 Å². The Balaban J connectivity index is 1.80. The molecular weight excluding hydrogens is 465 g/mol. The van der Waals surface area contributed by atoms with E-state index in [0.29, 0.717) is 0 Å². The fourth-order valence-electron chi connectivity index (χ4n) is 3.45. The first-order valence-corrected chi connectivity index (χ1v) is 11.2. The molecule has 1 aliphatic heterocycles. The second-order valence-corrected chi connectivity index (χ2v) is 9.05. The van der Waals surface area contributed by atoms with Crippen molar-refractivity contribution in [3.63, 3.8) is 0 Å². The van der Waals surface area contributed by atoms with Gasteiger partial charge < -0.3 is 5.32 Å². The maximum atomic E-state index is 14.9. The second kappa shape index (κ2) is 8.44. The number of pyridine rings is 1. The molecule has 0 bridgehead atoms. The van der Waals surface area contributed by atoms with E-state index in [0.717, 1.165) is 12.1 Å². The van der Waals surface area contributed by atoms with Crippen LogP contribution in [-0.4, -0.2) is 19.4 Å². The van der Waals surface area contributed by atoms with Gasteiger partial charge in [-0.2, -0.15) is 0 Å². The minimum absolute atomic E-state index is 0.00571. The first-order valence-electron chi connectivity index (χ1n) is 9.39. The van der Waals surface area contributed by atoms with Gasteiger partial charge >= 0.3 is 0 Å². The summed E-state index contributed by atoms with van der Waals surface area (Å²) in [6.45, 7) is 1.32. The highest BCUT2D eigenvalue weighted by Crippen LogP contribution is 2.40. The van der Waals surface area contributed by atoms with Gasteiger partial charge in [0.1, 0.15) is 22.3 Å². The molecule has 2 heterocycles. The number of benzene rings is 2. The normalized spacial score (nSPS) is 16.7. The average molecular weight is 481 g/mol. The van der Waals surface area contributed by atoms with E-state index in [4.69, 9.17) is 11.6 Å². The van der Waals surface area contributed by atoms with Crippen LogP contribution in [0.25, 0.3) is 0 Å². The predicted octanol–water partition coefficient (Wildman–Crippen LogP) is 4.56. The van der Waals surface area contributed by atoms with Crippen molar-refractivity contribution in [2.45, 2.75) is 24.3 Å². The Morgan fingerprint density at radius 2 is 1.81 bits per heavy atom. The van der Waals surface area contributed by atoms with E-state index >= 15 is 0 Å². The maximum absolute atomic E-state index is 14.9. The van der Waals surface area contributed by atoms with Gasteiger partial charge in [0.05, 0.1) is 22.9 Å². The number of hydrogen-bond acceptors (Lipinski definition) is 4. The van der Waals surface area contributed by atoms with Crippen molar-refractivity contribution in [2.24, 2.45) is 4.99 Å². The van der Waals surface area contributed by atoms with Crippen LogP contribution in [0.2, 0.25) is 5.02 Å². The van der Waals surface area contributed by atoms with Crippen LogP contribution in [0.1, 0.15) is 29.7 Å². The molecule has 2 N–H and O–H groups in total. The minimum atomic E-state index is -4.11. The number of sulfonamides is 1. The molecule has 11 heteroatoms. The van der Waals surface area contributed by atoms with Gasteiger partial charge in [-0.15, -0.1) is 0 Å². The van der Waals surface area contributed by atoms with Crippen LogP contribution >= 0.6 is 11.6 Å². The molecule has 1 aromatic heterocycles. The molecule has 1 aliphatic rings. The topological polar surface area (TPSA) is 83.4 Å². The minimum Gasteiger partial charge on any atom is -0.324 e. The third-order valence-electron chi connectivity index (χ3n) is 5.02. The molecule has 0 unspecified atom stereocenters. The Morgan fingerprint density at radius 1 is 1.06 bits per heavy atom. The Kier molecular flexibility index (Phi) is 5.83. The van der Waals surface area contributed by atoms with Crippen LogP contribution in [0.5, 0.6) is 0 Å². The quantitative estimate of drug-likeness (QED) is 0.573. The number of fused-ring (bicyclic) bond motifs is 1. The van der Waals surface area contributed by atoms with E-state index < -0.39 is 33.4 Å². The molecule has 0 saturated heterocycles.